The molecule has 1 heterocycles. The van der Waals surface area contributed by atoms with E-state index in [4.69, 9.17) is 11.6 Å². The van der Waals surface area contributed by atoms with Crippen molar-refractivity contribution in [2.45, 2.75) is 11.7 Å². The van der Waals surface area contributed by atoms with Gasteiger partial charge in [-0.25, -0.2) is 15.2 Å². The number of carboxylic acid groups (broad SMARTS) is 1. The summed E-state index contributed by atoms with van der Waals surface area (Å²) in [6.45, 7) is 0.522. The van der Waals surface area contributed by atoms with Gasteiger partial charge in [-0.2, -0.15) is 5.10 Å². The SMILES string of the molecule is O=C(CSc1nc2ccccc2n1Cc1ccccc1Cl)NN=Cc1ccccc1C(=O)O. The van der Waals surface area contributed by atoms with E-state index in [0.717, 1.165) is 16.6 Å². The number of amides is 1. The number of aromatic carboxylic acids is 1. The molecule has 4 aromatic rings. The molecule has 0 aliphatic heterocycles. The van der Waals surface area contributed by atoms with E-state index in [9.17, 15) is 14.7 Å². The number of hydrogen-bond donors (Lipinski definition) is 2. The summed E-state index contributed by atoms with van der Waals surface area (Å²) in [6.07, 6.45) is 1.32. The Hall–Kier alpha value is -3.62. The van der Waals surface area contributed by atoms with Gasteiger partial charge in [0, 0.05) is 10.6 Å². The number of carbonyl (C=O) groups excluding carboxylic acids is 1. The first kappa shape index (κ1) is 22.6. The molecule has 0 unspecified atom stereocenters. The molecule has 0 fully saturated rings. The lowest BCUT2D eigenvalue weighted by Gasteiger charge is -2.10. The average Bonchev–Trinajstić information content (AvgIpc) is 3.17. The van der Waals surface area contributed by atoms with Gasteiger partial charge in [-0.3, -0.25) is 4.79 Å². The summed E-state index contributed by atoms with van der Waals surface area (Å²) in [7, 11) is 0. The van der Waals surface area contributed by atoms with Crippen molar-refractivity contribution in [3.05, 3.63) is 94.5 Å². The van der Waals surface area contributed by atoms with Crippen molar-refractivity contribution < 1.29 is 14.7 Å². The molecule has 166 valence electrons. The summed E-state index contributed by atoms with van der Waals surface area (Å²) in [6, 6.07) is 21.8. The van der Waals surface area contributed by atoms with Gasteiger partial charge in [0.05, 0.1) is 35.1 Å². The minimum absolute atomic E-state index is 0.0871. The van der Waals surface area contributed by atoms with Crippen LogP contribution in [-0.4, -0.2) is 38.5 Å². The van der Waals surface area contributed by atoms with Crippen LogP contribution in [0.4, 0.5) is 0 Å². The maximum Gasteiger partial charge on any atom is 0.336 e. The predicted molar refractivity (Wildman–Crippen MR) is 130 cm³/mol. The molecule has 0 aliphatic carbocycles. The first-order valence-corrected chi connectivity index (χ1v) is 11.3. The second kappa shape index (κ2) is 10.3. The number of thioether (sulfide) groups is 1. The fourth-order valence-electron chi connectivity index (χ4n) is 3.25. The van der Waals surface area contributed by atoms with Crippen LogP contribution in [0.2, 0.25) is 5.02 Å². The van der Waals surface area contributed by atoms with Crippen molar-refractivity contribution in [3.63, 3.8) is 0 Å². The summed E-state index contributed by atoms with van der Waals surface area (Å²) in [5, 5.41) is 14.5. The van der Waals surface area contributed by atoms with Gasteiger partial charge in [-0.05, 0) is 29.8 Å². The van der Waals surface area contributed by atoms with Crippen molar-refractivity contribution in [1.82, 2.24) is 15.0 Å². The van der Waals surface area contributed by atoms with Crippen LogP contribution >= 0.6 is 23.4 Å². The van der Waals surface area contributed by atoms with Crippen molar-refractivity contribution in [3.8, 4) is 0 Å². The highest BCUT2D eigenvalue weighted by Gasteiger charge is 2.14. The van der Waals surface area contributed by atoms with Crippen molar-refractivity contribution >= 4 is 52.5 Å². The van der Waals surface area contributed by atoms with Gasteiger partial charge in [0.2, 0.25) is 0 Å². The van der Waals surface area contributed by atoms with Gasteiger partial charge in [0.25, 0.3) is 5.91 Å². The van der Waals surface area contributed by atoms with Gasteiger partial charge in [0.1, 0.15) is 0 Å². The standard InChI is InChI=1S/C24H19ClN4O3S/c25-19-10-4-2-8-17(19)14-29-21-12-6-5-11-20(21)27-24(29)33-15-22(30)28-26-13-16-7-1-3-9-18(16)23(31)32/h1-13H,14-15H2,(H,28,30)(H,31,32). The third-order valence-electron chi connectivity index (χ3n) is 4.82. The zero-order valence-corrected chi connectivity index (χ0v) is 18.9. The molecule has 0 spiro atoms. The fourth-order valence-corrected chi connectivity index (χ4v) is 4.26. The largest absolute Gasteiger partial charge is 0.478 e. The van der Waals surface area contributed by atoms with Gasteiger partial charge >= 0.3 is 5.97 Å². The second-order valence-electron chi connectivity index (χ2n) is 7.03. The molecule has 4 rings (SSSR count). The highest BCUT2D eigenvalue weighted by atomic mass is 35.5. The molecule has 0 atom stereocenters. The van der Waals surface area contributed by atoms with E-state index in [1.165, 1.54) is 24.0 Å². The number of fused-ring (bicyclic) bond motifs is 1. The molecule has 0 saturated heterocycles. The van der Waals surface area contributed by atoms with Crippen molar-refractivity contribution in [2.24, 2.45) is 5.10 Å². The molecule has 0 bridgehead atoms. The van der Waals surface area contributed by atoms with Gasteiger partial charge in [-0.15, -0.1) is 0 Å². The van der Waals surface area contributed by atoms with Gasteiger partial charge in [-0.1, -0.05) is 71.9 Å². The molecular weight excluding hydrogens is 460 g/mol. The maximum atomic E-state index is 12.3. The Morgan fingerprint density at radius 1 is 1.06 bits per heavy atom. The molecule has 9 heteroatoms. The summed E-state index contributed by atoms with van der Waals surface area (Å²) in [5.74, 6) is -1.30. The highest BCUT2D eigenvalue weighted by Crippen LogP contribution is 2.27. The number of hydrogen-bond acceptors (Lipinski definition) is 5. The third kappa shape index (κ3) is 5.42. The molecule has 0 saturated carbocycles. The predicted octanol–water partition coefficient (Wildman–Crippen LogP) is 4.68. The number of nitrogens with zero attached hydrogens (tertiary/aromatic N) is 3. The first-order chi connectivity index (χ1) is 16.0. The smallest absolute Gasteiger partial charge is 0.336 e. The minimum atomic E-state index is -1.06. The van der Waals surface area contributed by atoms with Crippen LogP contribution in [-0.2, 0) is 11.3 Å². The first-order valence-electron chi connectivity index (χ1n) is 9.98. The zero-order chi connectivity index (χ0) is 23.2. The Bertz CT molecular complexity index is 1350. The van der Waals surface area contributed by atoms with Crippen molar-refractivity contribution in [2.75, 3.05) is 5.75 Å². The van der Waals surface area contributed by atoms with E-state index in [1.54, 1.807) is 18.2 Å². The number of halogens is 1. The molecule has 7 nitrogen and oxygen atoms in total. The number of hydrazone groups is 1. The monoisotopic (exact) mass is 478 g/mol. The number of nitrogens with one attached hydrogen (secondary N) is 1. The van der Waals surface area contributed by atoms with E-state index in [1.807, 2.05) is 53.1 Å². The van der Waals surface area contributed by atoms with Crippen LogP contribution in [0.25, 0.3) is 11.0 Å². The maximum absolute atomic E-state index is 12.3. The zero-order valence-electron chi connectivity index (χ0n) is 17.3. The number of benzene rings is 3. The Morgan fingerprint density at radius 3 is 2.61 bits per heavy atom. The molecule has 1 amide bonds. The molecular formula is C24H19ClN4O3S. The van der Waals surface area contributed by atoms with E-state index in [-0.39, 0.29) is 17.2 Å². The average molecular weight is 479 g/mol. The quantitative estimate of drug-likeness (QED) is 0.218. The Labute approximate surface area is 199 Å². The van der Waals surface area contributed by atoms with Crippen LogP contribution in [0.1, 0.15) is 21.5 Å². The Morgan fingerprint density at radius 2 is 1.79 bits per heavy atom. The number of carbonyl (C=O) groups is 2. The normalized spacial score (nSPS) is 11.2. The lowest BCUT2D eigenvalue weighted by atomic mass is 10.1. The van der Waals surface area contributed by atoms with E-state index in [2.05, 4.69) is 15.5 Å². The topological polar surface area (TPSA) is 96.6 Å². The summed E-state index contributed by atoms with van der Waals surface area (Å²) in [5.41, 5.74) is 5.68. The van der Waals surface area contributed by atoms with Crippen LogP contribution in [0.5, 0.6) is 0 Å². The van der Waals surface area contributed by atoms with Crippen LogP contribution in [0.3, 0.4) is 0 Å². The minimum Gasteiger partial charge on any atom is -0.478 e. The molecule has 0 radical (unpaired) electrons. The lowest BCUT2D eigenvalue weighted by molar-refractivity contribution is -0.118. The van der Waals surface area contributed by atoms with Crippen LogP contribution in [0.15, 0.2) is 83.1 Å². The molecule has 3 aromatic carbocycles. The molecule has 1 aromatic heterocycles. The number of aromatic nitrogens is 2. The summed E-state index contributed by atoms with van der Waals surface area (Å²) < 4.78 is 2.03. The summed E-state index contributed by atoms with van der Waals surface area (Å²) >= 11 is 7.64. The number of carboxylic acids is 1. The van der Waals surface area contributed by atoms with Crippen LogP contribution in [0, 0.1) is 0 Å². The van der Waals surface area contributed by atoms with E-state index < -0.39 is 5.97 Å². The van der Waals surface area contributed by atoms with E-state index >= 15 is 0 Å². The molecule has 2 N–H and O–H groups in total. The Kier molecular flexibility index (Phi) is 7.07. The van der Waals surface area contributed by atoms with Gasteiger partial charge in [0.15, 0.2) is 5.16 Å². The van der Waals surface area contributed by atoms with E-state index in [0.29, 0.717) is 22.3 Å². The lowest BCUT2D eigenvalue weighted by Crippen LogP contribution is -2.20. The molecule has 33 heavy (non-hydrogen) atoms. The molecule has 0 aliphatic rings. The number of para-hydroxylation sites is 2. The van der Waals surface area contributed by atoms with Crippen LogP contribution < -0.4 is 5.43 Å². The Balaban J connectivity index is 1.46. The fraction of sp³-hybridized carbons (Fsp3) is 0.0833. The van der Waals surface area contributed by atoms with Gasteiger partial charge < -0.3 is 9.67 Å². The highest BCUT2D eigenvalue weighted by molar-refractivity contribution is 7.99. The number of rotatable bonds is 8. The summed E-state index contributed by atoms with van der Waals surface area (Å²) in [4.78, 5) is 28.3. The second-order valence-corrected chi connectivity index (χ2v) is 8.38. The number of imidazole rings is 1. The van der Waals surface area contributed by atoms with Crippen molar-refractivity contribution in [1.29, 1.82) is 0 Å². The third-order valence-corrected chi connectivity index (χ3v) is 6.17.